The van der Waals surface area contributed by atoms with E-state index in [4.69, 9.17) is 37.4 Å². The molecule has 1 N–H and O–H groups in total. The van der Waals surface area contributed by atoms with Gasteiger partial charge in [-0.15, -0.1) is 0 Å². The predicted molar refractivity (Wildman–Crippen MR) is 136 cm³/mol. The van der Waals surface area contributed by atoms with Crippen LogP contribution in [-0.4, -0.2) is 31.8 Å². The minimum Gasteiger partial charge on any atom is -0.493 e. The van der Waals surface area contributed by atoms with Crippen LogP contribution in [0.15, 0.2) is 65.8 Å². The molecule has 3 rings (SSSR count). The van der Waals surface area contributed by atoms with Gasteiger partial charge in [-0.25, -0.2) is 10.2 Å². The van der Waals surface area contributed by atoms with E-state index in [0.717, 1.165) is 0 Å². The third-order valence-electron chi connectivity index (χ3n) is 4.86. The molecule has 182 valence electrons. The van der Waals surface area contributed by atoms with Crippen LogP contribution in [0.5, 0.6) is 17.2 Å². The number of nitrogens with zero attached hydrogens (tertiary/aromatic N) is 1. The molecule has 3 aromatic carbocycles. The number of nitrogens with one attached hydrogen (secondary N) is 1. The number of carbonyl (C=O) groups is 2. The first kappa shape index (κ1) is 26.1. The summed E-state index contributed by atoms with van der Waals surface area (Å²) in [5, 5.41) is 4.51. The fraction of sp³-hybridized carbons (Fsp3) is 0.192. The number of esters is 1. The molecule has 0 aliphatic carbocycles. The first-order chi connectivity index (χ1) is 16.8. The molecule has 0 saturated carbocycles. The largest absolute Gasteiger partial charge is 0.493 e. The molecular formula is C26H24Cl2N2O5. The Balaban J connectivity index is 1.55. The molecule has 0 saturated heterocycles. The number of hydrogen-bond acceptors (Lipinski definition) is 6. The summed E-state index contributed by atoms with van der Waals surface area (Å²) in [5.41, 5.74) is 4.37. The van der Waals surface area contributed by atoms with Gasteiger partial charge in [0, 0.05) is 5.02 Å². The molecule has 0 aromatic heterocycles. The standard InChI is InChI=1S/C26H24Cl2N2O5/c1-16(2)18-5-8-20(9-6-18)34-15-25(31)30-29-14-17-4-11-23(24(12-17)33-3)35-26(32)21-10-7-19(27)13-22(21)28/h4-14,16H,15H2,1-3H3,(H,30,31)/b29-14+. The van der Waals surface area contributed by atoms with Crippen LogP contribution >= 0.6 is 23.2 Å². The second-order valence-electron chi connectivity index (χ2n) is 7.73. The second-order valence-corrected chi connectivity index (χ2v) is 8.57. The lowest BCUT2D eigenvalue weighted by Gasteiger charge is -2.11. The third kappa shape index (κ3) is 7.47. The SMILES string of the molecule is COc1cc(/C=N/NC(=O)COc2ccc(C(C)C)cc2)ccc1OC(=O)c1ccc(Cl)cc1Cl. The van der Waals surface area contributed by atoms with Crippen molar-refractivity contribution in [1.29, 1.82) is 0 Å². The lowest BCUT2D eigenvalue weighted by molar-refractivity contribution is -0.123. The molecule has 0 unspecified atom stereocenters. The number of carbonyl (C=O) groups excluding carboxylic acids is 2. The zero-order valence-electron chi connectivity index (χ0n) is 19.4. The molecule has 9 heteroatoms. The van der Waals surface area contributed by atoms with Crippen LogP contribution in [0.25, 0.3) is 0 Å². The van der Waals surface area contributed by atoms with Crippen LogP contribution in [0.1, 0.15) is 41.3 Å². The number of hydrogen-bond donors (Lipinski definition) is 1. The number of halogens is 2. The van der Waals surface area contributed by atoms with Gasteiger partial charge >= 0.3 is 5.97 Å². The molecule has 0 atom stereocenters. The smallest absolute Gasteiger partial charge is 0.345 e. The first-order valence-corrected chi connectivity index (χ1v) is 11.4. The minimum absolute atomic E-state index is 0.171. The Morgan fingerprint density at radius 3 is 2.40 bits per heavy atom. The predicted octanol–water partition coefficient (Wildman–Crippen LogP) is 5.87. The summed E-state index contributed by atoms with van der Waals surface area (Å²) < 4.78 is 16.2. The highest BCUT2D eigenvalue weighted by atomic mass is 35.5. The van der Waals surface area contributed by atoms with Crippen molar-refractivity contribution in [3.8, 4) is 17.2 Å². The van der Waals surface area contributed by atoms with E-state index in [1.807, 2.05) is 24.3 Å². The molecule has 35 heavy (non-hydrogen) atoms. The van der Waals surface area contributed by atoms with Gasteiger partial charge in [-0.05, 0) is 65.6 Å². The fourth-order valence-electron chi connectivity index (χ4n) is 2.97. The summed E-state index contributed by atoms with van der Waals surface area (Å²) in [6, 6.07) is 16.9. The number of amides is 1. The highest BCUT2D eigenvalue weighted by Crippen LogP contribution is 2.30. The van der Waals surface area contributed by atoms with Gasteiger partial charge in [0.1, 0.15) is 5.75 Å². The molecular weight excluding hydrogens is 491 g/mol. The molecule has 0 fully saturated rings. The molecule has 0 aliphatic rings. The topological polar surface area (TPSA) is 86.2 Å². The number of rotatable bonds is 9. The molecule has 3 aromatic rings. The number of hydrazone groups is 1. The zero-order valence-corrected chi connectivity index (χ0v) is 20.9. The lowest BCUT2D eigenvalue weighted by atomic mass is 10.0. The normalized spacial score (nSPS) is 10.9. The number of ether oxygens (including phenoxy) is 3. The van der Waals surface area contributed by atoms with E-state index in [0.29, 0.717) is 28.0 Å². The van der Waals surface area contributed by atoms with Gasteiger partial charge in [0.05, 0.1) is 23.9 Å². The Bertz CT molecular complexity index is 1230. The maximum Gasteiger partial charge on any atom is 0.345 e. The van der Waals surface area contributed by atoms with E-state index in [1.54, 1.807) is 24.3 Å². The summed E-state index contributed by atoms with van der Waals surface area (Å²) in [6.07, 6.45) is 1.43. The molecule has 7 nitrogen and oxygen atoms in total. The molecule has 0 bridgehead atoms. The fourth-order valence-corrected chi connectivity index (χ4v) is 3.45. The van der Waals surface area contributed by atoms with Crippen LogP contribution in [0, 0.1) is 0 Å². The first-order valence-electron chi connectivity index (χ1n) is 10.7. The van der Waals surface area contributed by atoms with Crippen LogP contribution in [0.2, 0.25) is 10.0 Å². The van der Waals surface area contributed by atoms with Crippen LogP contribution in [-0.2, 0) is 4.79 Å². The van der Waals surface area contributed by atoms with E-state index >= 15 is 0 Å². The van der Waals surface area contributed by atoms with Crippen molar-refractivity contribution < 1.29 is 23.8 Å². The van der Waals surface area contributed by atoms with E-state index < -0.39 is 11.9 Å². The van der Waals surface area contributed by atoms with Crippen molar-refractivity contribution in [1.82, 2.24) is 5.43 Å². The van der Waals surface area contributed by atoms with Crippen molar-refractivity contribution in [3.63, 3.8) is 0 Å². The average Bonchev–Trinajstić information content (AvgIpc) is 2.83. The van der Waals surface area contributed by atoms with Gasteiger partial charge in [0.2, 0.25) is 0 Å². The van der Waals surface area contributed by atoms with Crippen molar-refractivity contribution in [2.75, 3.05) is 13.7 Å². The van der Waals surface area contributed by atoms with Crippen LogP contribution in [0.3, 0.4) is 0 Å². The van der Waals surface area contributed by atoms with E-state index in [9.17, 15) is 9.59 Å². The third-order valence-corrected chi connectivity index (χ3v) is 5.41. The molecule has 0 heterocycles. The highest BCUT2D eigenvalue weighted by Gasteiger charge is 2.16. The maximum atomic E-state index is 12.5. The number of benzene rings is 3. The molecule has 0 spiro atoms. The quantitative estimate of drug-likeness (QED) is 0.167. The van der Waals surface area contributed by atoms with Gasteiger partial charge in [-0.3, -0.25) is 4.79 Å². The summed E-state index contributed by atoms with van der Waals surface area (Å²) >= 11 is 11.9. The zero-order chi connectivity index (χ0) is 25.4. The average molecular weight is 515 g/mol. The Morgan fingerprint density at radius 1 is 1.00 bits per heavy atom. The Labute approximate surface area is 213 Å². The Hall–Kier alpha value is -3.55. The second kappa shape index (κ2) is 12.2. The molecule has 0 radical (unpaired) electrons. The molecule has 0 aliphatic heterocycles. The van der Waals surface area contributed by atoms with Crippen LogP contribution in [0.4, 0.5) is 0 Å². The van der Waals surface area contributed by atoms with Crippen molar-refractivity contribution in [2.45, 2.75) is 19.8 Å². The Morgan fingerprint density at radius 2 is 1.74 bits per heavy atom. The van der Waals surface area contributed by atoms with Gasteiger partial charge in [-0.2, -0.15) is 5.10 Å². The van der Waals surface area contributed by atoms with Gasteiger partial charge in [-0.1, -0.05) is 49.2 Å². The van der Waals surface area contributed by atoms with Crippen molar-refractivity contribution in [2.24, 2.45) is 5.10 Å². The Kier molecular flexibility index (Phi) is 9.11. The number of methoxy groups -OCH3 is 1. The van der Waals surface area contributed by atoms with Crippen molar-refractivity contribution in [3.05, 3.63) is 87.4 Å². The summed E-state index contributed by atoms with van der Waals surface area (Å²) in [6.45, 7) is 4.03. The summed E-state index contributed by atoms with van der Waals surface area (Å²) in [7, 11) is 1.44. The molecule has 1 amide bonds. The minimum atomic E-state index is -0.655. The van der Waals surface area contributed by atoms with E-state index in [2.05, 4.69) is 24.4 Å². The summed E-state index contributed by atoms with van der Waals surface area (Å²) in [4.78, 5) is 24.5. The monoisotopic (exact) mass is 514 g/mol. The lowest BCUT2D eigenvalue weighted by Crippen LogP contribution is -2.24. The highest BCUT2D eigenvalue weighted by molar-refractivity contribution is 6.36. The van der Waals surface area contributed by atoms with E-state index in [-0.39, 0.29) is 22.9 Å². The maximum absolute atomic E-state index is 12.5. The van der Waals surface area contributed by atoms with Gasteiger partial charge in [0.25, 0.3) is 5.91 Å². The van der Waals surface area contributed by atoms with Gasteiger partial charge in [0.15, 0.2) is 18.1 Å². The van der Waals surface area contributed by atoms with Crippen LogP contribution < -0.4 is 19.6 Å². The van der Waals surface area contributed by atoms with Gasteiger partial charge < -0.3 is 14.2 Å². The van der Waals surface area contributed by atoms with E-state index in [1.165, 1.54) is 31.0 Å². The summed E-state index contributed by atoms with van der Waals surface area (Å²) in [5.74, 6) is 0.448. The van der Waals surface area contributed by atoms with Crippen molar-refractivity contribution >= 4 is 41.3 Å².